The molecule has 3 rings (SSSR count). The number of ether oxygens (including phenoxy) is 1. The van der Waals surface area contributed by atoms with E-state index in [1.807, 2.05) is 24.3 Å². The molecule has 0 saturated carbocycles. The Bertz CT molecular complexity index is 552. The first-order valence-corrected chi connectivity index (χ1v) is 7.16. The number of nitrogens with zero attached hydrogens (tertiary/aromatic N) is 2. The predicted molar refractivity (Wildman–Crippen MR) is 74.0 cm³/mol. The molecule has 2 fully saturated rings. The standard InChI is InChI=1S/C15H15ClN2O2/c16-12-5-3-10(4-6-12)14-11(8-17)9-20-15(19)13-2-1-7-18(13)14/h3-6,11,13-14H,1-2,7,9H2. The Morgan fingerprint density at radius 1 is 1.35 bits per heavy atom. The molecule has 3 atom stereocenters. The van der Waals surface area contributed by atoms with Crippen molar-refractivity contribution in [3.63, 3.8) is 0 Å². The summed E-state index contributed by atoms with van der Waals surface area (Å²) in [6.07, 6.45) is 1.77. The number of halogens is 1. The maximum atomic E-state index is 12.0. The highest BCUT2D eigenvalue weighted by atomic mass is 35.5. The first-order chi connectivity index (χ1) is 9.70. The fraction of sp³-hybridized carbons (Fsp3) is 0.467. The summed E-state index contributed by atoms with van der Waals surface area (Å²) in [4.78, 5) is 14.1. The average molecular weight is 291 g/mol. The number of carbonyl (C=O) groups excluding carboxylic acids is 1. The molecule has 0 aromatic heterocycles. The van der Waals surface area contributed by atoms with E-state index in [1.165, 1.54) is 0 Å². The first-order valence-electron chi connectivity index (χ1n) is 6.78. The van der Waals surface area contributed by atoms with Gasteiger partial charge >= 0.3 is 5.97 Å². The van der Waals surface area contributed by atoms with E-state index in [9.17, 15) is 10.1 Å². The number of hydrogen-bond donors (Lipinski definition) is 0. The number of esters is 1. The molecule has 2 saturated heterocycles. The van der Waals surface area contributed by atoms with Crippen molar-refractivity contribution in [2.24, 2.45) is 5.92 Å². The Kier molecular flexibility index (Phi) is 3.64. The van der Waals surface area contributed by atoms with Crippen molar-refractivity contribution < 1.29 is 9.53 Å². The molecule has 0 radical (unpaired) electrons. The zero-order valence-electron chi connectivity index (χ0n) is 11.0. The molecule has 0 aliphatic carbocycles. The molecule has 2 heterocycles. The summed E-state index contributed by atoms with van der Waals surface area (Å²) in [7, 11) is 0. The van der Waals surface area contributed by atoms with Crippen LogP contribution in [0, 0.1) is 17.2 Å². The van der Waals surface area contributed by atoms with E-state index in [1.54, 1.807) is 0 Å². The van der Waals surface area contributed by atoms with Gasteiger partial charge in [-0.3, -0.25) is 9.69 Å². The first kappa shape index (κ1) is 13.4. The van der Waals surface area contributed by atoms with Gasteiger partial charge in [0.25, 0.3) is 0 Å². The number of rotatable bonds is 1. The van der Waals surface area contributed by atoms with Crippen LogP contribution in [0.1, 0.15) is 24.4 Å². The van der Waals surface area contributed by atoms with Crippen LogP contribution in [0.3, 0.4) is 0 Å². The quantitative estimate of drug-likeness (QED) is 0.746. The Hall–Kier alpha value is -1.57. The fourth-order valence-electron chi connectivity index (χ4n) is 3.16. The molecular weight excluding hydrogens is 276 g/mol. The van der Waals surface area contributed by atoms with Crippen LogP contribution >= 0.6 is 11.6 Å². The zero-order valence-corrected chi connectivity index (χ0v) is 11.7. The van der Waals surface area contributed by atoms with Crippen LogP contribution in [-0.2, 0) is 9.53 Å². The third-order valence-corrected chi connectivity index (χ3v) is 4.34. The number of cyclic esters (lactones) is 1. The number of nitriles is 1. The average Bonchev–Trinajstić information content (AvgIpc) is 2.89. The van der Waals surface area contributed by atoms with Gasteiger partial charge in [0.1, 0.15) is 18.6 Å². The normalized spacial score (nSPS) is 30.2. The van der Waals surface area contributed by atoms with Gasteiger partial charge in [0.15, 0.2) is 0 Å². The molecule has 1 aromatic rings. The van der Waals surface area contributed by atoms with E-state index in [2.05, 4.69) is 11.0 Å². The second-order valence-corrected chi connectivity index (χ2v) is 5.69. The number of benzene rings is 1. The van der Waals surface area contributed by atoms with Crippen molar-refractivity contribution in [3.8, 4) is 6.07 Å². The Morgan fingerprint density at radius 3 is 2.80 bits per heavy atom. The topological polar surface area (TPSA) is 53.3 Å². The fourth-order valence-corrected chi connectivity index (χ4v) is 3.28. The molecule has 3 unspecified atom stereocenters. The second-order valence-electron chi connectivity index (χ2n) is 5.26. The van der Waals surface area contributed by atoms with Gasteiger partial charge in [0, 0.05) is 5.02 Å². The van der Waals surface area contributed by atoms with Gasteiger partial charge in [-0.15, -0.1) is 0 Å². The number of carbonyl (C=O) groups is 1. The molecular formula is C15H15ClN2O2. The van der Waals surface area contributed by atoms with Crippen molar-refractivity contribution in [2.75, 3.05) is 13.2 Å². The lowest BCUT2D eigenvalue weighted by Crippen LogP contribution is -2.38. The third-order valence-electron chi connectivity index (χ3n) is 4.09. The van der Waals surface area contributed by atoms with Crippen LogP contribution in [0.15, 0.2) is 24.3 Å². The van der Waals surface area contributed by atoms with Gasteiger partial charge < -0.3 is 4.74 Å². The van der Waals surface area contributed by atoms with E-state index < -0.39 is 0 Å². The van der Waals surface area contributed by atoms with Crippen LogP contribution in [0.4, 0.5) is 0 Å². The summed E-state index contributed by atoms with van der Waals surface area (Å²) in [5, 5.41) is 10.1. The van der Waals surface area contributed by atoms with Gasteiger partial charge in [0.05, 0.1) is 12.1 Å². The van der Waals surface area contributed by atoms with Crippen LogP contribution in [-0.4, -0.2) is 30.1 Å². The molecule has 0 bridgehead atoms. The van der Waals surface area contributed by atoms with Crippen LogP contribution in [0.2, 0.25) is 5.02 Å². The second kappa shape index (κ2) is 5.43. The highest BCUT2D eigenvalue weighted by molar-refractivity contribution is 6.30. The molecule has 0 amide bonds. The van der Waals surface area contributed by atoms with Gasteiger partial charge in [-0.1, -0.05) is 23.7 Å². The van der Waals surface area contributed by atoms with Crippen molar-refractivity contribution in [1.82, 2.24) is 4.90 Å². The lowest BCUT2D eigenvalue weighted by atomic mass is 9.93. The number of hydrogen-bond acceptors (Lipinski definition) is 4. The maximum absolute atomic E-state index is 12.0. The molecule has 5 heteroatoms. The molecule has 20 heavy (non-hydrogen) atoms. The smallest absolute Gasteiger partial charge is 0.323 e. The predicted octanol–water partition coefficient (Wildman–Crippen LogP) is 2.54. The van der Waals surface area contributed by atoms with Crippen molar-refractivity contribution in [3.05, 3.63) is 34.9 Å². The largest absolute Gasteiger partial charge is 0.463 e. The monoisotopic (exact) mass is 290 g/mol. The van der Waals surface area contributed by atoms with Crippen molar-refractivity contribution in [1.29, 1.82) is 5.26 Å². The van der Waals surface area contributed by atoms with E-state index in [0.29, 0.717) is 5.02 Å². The summed E-state index contributed by atoms with van der Waals surface area (Å²) in [5.74, 6) is -0.539. The van der Waals surface area contributed by atoms with Gasteiger partial charge in [-0.05, 0) is 37.1 Å². The van der Waals surface area contributed by atoms with Gasteiger partial charge in [-0.2, -0.15) is 5.26 Å². The summed E-state index contributed by atoms with van der Waals surface area (Å²) in [6, 6.07) is 9.49. The molecule has 4 nitrogen and oxygen atoms in total. The summed E-state index contributed by atoms with van der Waals surface area (Å²) in [5.41, 5.74) is 1.02. The minimum absolute atomic E-state index is 0.101. The summed E-state index contributed by atoms with van der Waals surface area (Å²) < 4.78 is 5.27. The van der Waals surface area contributed by atoms with Gasteiger partial charge in [0.2, 0.25) is 0 Å². The van der Waals surface area contributed by atoms with Crippen molar-refractivity contribution in [2.45, 2.75) is 24.9 Å². The molecule has 0 N–H and O–H groups in total. The Morgan fingerprint density at radius 2 is 2.10 bits per heavy atom. The Balaban J connectivity index is 2.01. The molecule has 104 valence electrons. The van der Waals surface area contributed by atoms with E-state index >= 15 is 0 Å². The molecule has 2 aliphatic rings. The highest BCUT2D eigenvalue weighted by Gasteiger charge is 2.43. The van der Waals surface area contributed by atoms with Crippen LogP contribution in [0.25, 0.3) is 0 Å². The summed E-state index contributed by atoms with van der Waals surface area (Å²) in [6.45, 7) is 0.987. The van der Waals surface area contributed by atoms with E-state index in [-0.39, 0.29) is 30.6 Å². The molecule has 1 aromatic carbocycles. The maximum Gasteiger partial charge on any atom is 0.323 e. The lowest BCUT2D eigenvalue weighted by Gasteiger charge is -2.31. The van der Waals surface area contributed by atoms with E-state index in [0.717, 1.165) is 24.9 Å². The van der Waals surface area contributed by atoms with Crippen molar-refractivity contribution >= 4 is 17.6 Å². The molecule has 2 aliphatic heterocycles. The SMILES string of the molecule is N#CC1COC(=O)C2CCCN2C1c1ccc(Cl)cc1. The minimum atomic E-state index is -0.344. The minimum Gasteiger partial charge on any atom is -0.463 e. The van der Waals surface area contributed by atoms with Crippen LogP contribution in [0.5, 0.6) is 0 Å². The summed E-state index contributed by atoms with van der Waals surface area (Å²) >= 11 is 5.93. The Labute approximate surface area is 122 Å². The third kappa shape index (κ3) is 2.28. The van der Waals surface area contributed by atoms with Crippen LogP contribution < -0.4 is 0 Å². The zero-order chi connectivity index (χ0) is 14.1. The molecule has 0 spiro atoms. The highest BCUT2D eigenvalue weighted by Crippen LogP contribution is 2.37. The van der Waals surface area contributed by atoms with E-state index in [4.69, 9.17) is 16.3 Å². The lowest BCUT2D eigenvalue weighted by molar-refractivity contribution is -0.147. The number of fused-ring (bicyclic) bond motifs is 1. The van der Waals surface area contributed by atoms with Gasteiger partial charge in [-0.25, -0.2) is 0 Å².